The number of aryl methyl sites for hydroxylation is 2. The van der Waals surface area contributed by atoms with Crippen LogP contribution >= 0.6 is 0 Å². The third kappa shape index (κ3) is 5.69. The first-order valence-corrected chi connectivity index (χ1v) is 11.2. The Morgan fingerprint density at radius 2 is 1.54 bits per heavy atom. The van der Waals surface area contributed by atoms with Gasteiger partial charge in [0.25, 0.3) is 0 Å². The van der Waals surface area contributed by atoms with E-state index in [4.69, 9.17) is 0 Å². The van der Waals surface area contributed by atoms with Gasteiger partial charge in [-0.05, 0) is 94.5 Å². The second kappa shape index (κ2) is 8.93. The number of anilines is 1. The van der Waals surface area contributed by atoms with E-state index >= 15 is 0 Å². The Morgan fingerprint density at radius 3 is 2.07 bits per heavy atom. The van der Waals surface area contributed by atoms with Gasteiger partial charge in [-0.2, -0.15) is 0 Å². The van der Waals surface area contributed by atoms with Crippen molar-refractivity contribution in [2.24, 2.45) is 0 Å². The molecule has 2 aromatic carbocycles. The Bertz CT molecular complexity index is 957. The van der Waals surface area contributed by atoms with Gasteiger partial charge in [-0.3, -0.25) is 0 Å². The van der Waals surface area contributed by atoms with Crippen LogP contribution in [0.1, 0.15) is 51.3 Å². The molecule has 0 saturated heterocycles. The molecule has 28 heavy (non-hydrogen) atoms. The Kier molecular flexibility index (Phi) is 7.07. The normalized spacial score (nSPS) is 12.7. The molecule has 4 nitrogen and oxygen atoms in total. The molecule has 2 N–H and O–H groups in total. The Labute approximate surface area is 170 Å². The van der Waals surface area contributed by atoms with Gasteiger partial charge in [-0.1, -0.05) is 24.3 Å². The lowest BCUT2D eigenvalue weighted by Crippen LogP contribution is -2.30. The predicted molar refractivity (Wildman–Crippen MR) is 121 cm³/mol. The molecule has 0 saturated carbocycles. The summed E-state index contributed by atoms with van der Waals surface area (Å²) in [4.78, 5) is 0.320. The monoisotopic (exact) mass is 400 g/mol. The van der Waals surface area contributed by atoms with Gasteiger partial charge >= 0.3 is 0 Å². The molecule has 2 rings (SSSR count). The minimum absolute atomic E-state index is 0.133. The van der Waals surface area contributed by atoms with Crippen LogP contribution in [0.15, 0.2) is 41.3 Å². The van der Waals surface area contributed by atoms with E-state index < -0.39 is 10.0 Å². The zero-order chi connectivity index (χ0) is 21.1. The highest BCUT2D eigenvalue weighted by atomic mass is 32.2. The lowest BCUT2D eigenvalue weighted by atomic mass is 9.94. The maximum Gasteiger partial charge on any atom is 0.236 e. The van der Waals surface area contributed by atoms with Crippen LogP contribution in [-0.2, 0) is 10.0 Å². The van der Waals surface area contributed by atoms with E-state index in [2.05, 4.69) is 67.2 Å². The third-order valence-electron chi connectivity index (χ3n) is 4.44. The van der Waals surface area contributed by atoms with Crippen LogP contribution in [0.25, 0.3) is 17.2 Å². The predicted octanol–water partition coefficient (Wildman–Crippen LogP) is 5.48. The zero-order valence-electron chi connectivity index (χ0n) is 17.9. The topological polar surface area (TPSA) is 58.2 Å². The van der Waals surface area contributed by atoms with Gasteiger partial charge in [0.15, 0.2) is 0 Å². The molecule has 0 aliphatic heterocycles. The number of hydrogen-bond acceptors (Lipinski definition) is 3. The summed E-state index contributed by atoms with van der Waals surface area (Å²) < 4.78 is 27.3. The molecule has 5 heteroatoms. The van der Waals surface area contributed by atoms with Crippen LogP contribution in [0.4, 0.5) is 5.69 Å². The molecule has 152 valence electrons. The summed E-state index contributed by atoms with van der Waals surface area (Å²) in [6.07, 6.45) is 1.74. The molecule has 0 heterocycles. The molecule has 0 aliphatic carbocycles. The van der Waals surface area contributed by atoms with E-state index in [0.29, 0.717) is 10.9 Å². The molecule has 0 bridgehead atoms. The third-order valence-corrected chi connectivity index (χ3v) is 6.19. The summed E-state index contributed by atoms with van der Waals surface area (Å²) in [5.41, 5.74) is 6.49. The summed E-state index contributed by atoms with van der Waals surface area (Å²) in [6.45, 7) is 13.6. The molecule has 0 unspecified atom stereocenters. The highest BCUT2D eigenvalue weighted by molar-refractivity contribution is 7.93. The second-order valence-corrected chi connectivity index (χ2v) is 9.82. The maximum atomic E-state index is 12.4. The van der Waals surface area contributed by atoms with Gasteiger partial charge < -0.3 is 5.32 Å². The Hall–Kier alpha value is -2.11. The van der Waals surface area contributed by atoms with E-state index in [9.17, 15) is 8.42 Å². The first-order valence-electron chi connectivity index (χ1n) is 9.68. The molecule has 0 fully saturated rings. The number of sulfonamides is 1. The van der Waals surface area contributed by atoms with Crippen molar-refractivity contribution in [2.45, 2.75) is 60.5 Å². The van der Waals surface area contributed by atoms with Crippen LogP contribution in [-0.4, -0.2) is 20.5 Å². The van der Waals surface area contributed by atoms with Crippen LogP contribution in [0, 0.1) is 13.8 Å². The van der Waals surface area contributed by atoms with E-state index in [1.165, 1.54) is 0 Å². The van der Waals surface area contributed by atoms with Crippen molar-refractivity contribution in [3.8, 4) is 11.1 Å². The fourth-order valence-corrected chi connectivity index (χ4v) is 4.17. The molecule has 2 aromatic rings. The zero-order valence-corrected chi connectivity index (χ0v) is 18.7. The van der Waals surface area contributed by atoms with E-state index in [1.807, 2.05) is 20.8 Å². The smallest absolute Gasteiger partial charge is 0.236 e. The molecule has 0 atom stereocenters. The molecular weight excluding hydrogens is 368 g/mol. The van der Waals surface area contributed by atoms with Crippen molar-refractivity contribution < 1.29 is 8.42 Å². The number of rotatable bonds is 7. The highest BCUT2D eigenvalue weighted by Gasteiger charge is 2.15. The molecule has 0 amide bonds. The van der Waals surface area contributed by atoms with E-state index in [1.54, 1.807) is 13.0 Å². The second-order valence-electron chi connectivity index (χ2n) is 7.93. The summed E-state index contributed by atoms with van der Waals surface area (Å²) in [7, 11) is -3.46. The Balaban J connectivity index is 2.36. The molecule has 0 spiro atoms. The van der Waals surface area contributed by atoms with Gasteiger partial charge in [0.1, 0.15) is 0 Å². The summed E-state index contributed by atoms with van der Waals surface area (Å²) >= 11 is 0. The van der Waals surface area contributed by atoms with Gasteiger partial charge in [0.05, 0.1) is 4.91 Å². The average Bonchev–Trinajstić information content (AvgIpc) is 2.57. The number of nitrogens with one attached hydrogen (secondary N) is 2. The summed E-state index contributed by atoms with van der Waals surface area (Å²) in [5, 5.41) is 3.40. The SMILES string of the molecule is C/C(=C\c1cc(C)c(-c2ccc(NC(C)C)cc2)cc1C)S(=O)(=O)NC(C)C. The van der Waals surface area contributed by atoms with Gasteiger partial charge in [0, 0.05) is 17.8 Å². The van der Waals surface area contributed by atoms with Crippen molar-refractivity contribution >= 4 is 21.8 Å². The van der Waals surface area contributed by atoms with E-state index in [0.717, 1.165) is 33.5 Å². The molecule has 0 aliphatic rings. The summed E-state index contributed by atoms with van der Waals surface area (Å²) in [5.74, 6) is 0. The van der Waals surface area contributed by atoms with Gasteiger partial charge in [0.2, 0.25) is 10.0 Å². The molecular formula is C23H32N2O2S. The largest absolute Gasteiger partial charge is 0.383 e. The minimum atomic E-state index is -3.46. The minimum Gasteiger partial charge on any atom is -0.383 e. The van der Waals surface area contributed by atoms with Crippen LogP contribution in [0.5, 0.6) is 0 Å². The van der Waals surface area contributed by atoms with Gasteiger partial charge in [-0.15, -0.1) is 0 Å². The van der Waals surface area contributed by atoms with Crippen LogP contribution in [0.2, 0.25) is 0 Å². The first kappa shape index (κ1) is 22.2. The van der Waals surface area contributed by atoms with Crippen molar-refractivity contribution in [1.82, 2.24) is 4.72 Å². The maximum absolute atomic E-state index is 12.4. The number of hydrogen-bond donors (Lipinski definition) is 2. The fraction of sp³-hybridized carbons (Fsp3) is 0.391. The summed E-state index contributed by atoms with van der Waals surface area (Å²) in [6, 6.07) is 12.9. The lowest BCUT2D eigenvalue weighted by Gasteiger charge is -2.14. The Morgan fingerprint density at radius 1 is 0.929 bits per heavy atom. The van der Waals surface area contributed by atoms with Crippen LogP contribution < -0.4 is 10.0 Å². The lowest BCUT2D eigenvalue weighted by molar-refractivity contribution is 0.576. The van der Waals surface area contributed by atoms with Crippen molar-refractivity contribution in [1.29, 1.82) is 0 Å². The van der Waals surface area contributed by atoms with E-state index in [-0.39, 0.29) is 6.04 Å². The fourth-order valence-electron chi connectivity index (χ4n) is 3.08. The van der Waals surface area contributed by atoms with Crippen molar-refractivity contribution in [3.05, 3.63) is 58.0 Å². The quantitative estimate of drug-likeness (QED) is 0.647. The molecule has 0 radical (unpaired) electrons. The van der Waals surface area contributed by atoms with Crippen LogP contribution in [0.3, 0.4) is 0 Å². The average molecular weight is 401 g/mol. The first-order chi connectivity index (χ1) is 13.0. The van der Waals surface area contributed by atoms with Crippen molar-refractivity contribution in [2.75, 3.05) is 5.32 Å². The van der Waals surface area contributed by atoms with Crippen molar-refractivity contribution in [3.63, 3.8) is 0 Å². The number of allylic oxidation sites excluding steroid dienone is 1. The standard InChI is InChI=1S/C23H32N2O2S/c1-15(2)24-22-10-8-20(9-11-22)23-13-17(5)21(12-18(23)6)14-19(7)28(26,27)25-16(3)4/h8-16,24-25H,1-7H3/b19-14+. The highest BCUT2D eigenvalue weighted by Crippen LogP contribution is 2.29. The molecule has 0 aromatic heterocycles. The van der Waals surface area contributed by atoms with Gasteiger partial charge in [-0.25, -0.2) is 13.1 Å². The number of benzene rings is 2.